The second-order valence-corrected chi connectivity index (χ2v) is 5.94. The van der Waals surface area contributed by atoms with Crippen molar-refractivity contribution in [3.8, 4) is 0 Å². The van der Waals surface area contributed by atoms with Crippen LogP contribution in [0.1, 0.15) is 32.6 Å². The lowest BCUT2D eigenvalue weighted by Crippen LogP contribution is -2.41. The summed E-state index contributed by atoms with van der Waals surface area (Å²) in [5, 5.41) is 0. The van der Waals surface area contributed by atoms with E-state index in [4.69, 9.17) is 9.47 Å². The quantitative estimate of drug-likeness (QED) is 0.426. The standard InChI is InChI=1S/C14H19BrO4/c1-9(11-5-6-11)7-14(8-10(2)15,12(16)18-3)13(17)19-4/h2,5-8H2,1,3-4H3. The average Bonchev–Trinajstić information content (AvgIpc) is 3.19. The minimum Gasteiger partial charge on any atom is -0.468 e. The second-order valence-electron chi connectivity index (χ2n) is 4.82. The molecule has 0 N–H and O–H groups in total. The van der Waals surface area contributed by atoms with Gasteiger partial charge < -0.3 is 9.47 Å². The third-order valence-corrected chi connectivity index (χ3v) is 3.60. The molecule has 0 amide bonds. The summed E-state index contributed by atoms with van der Waals surface area (Å²) >= 11 is 3.22. The van der Waals surface area contributed by atoms with Crippen LogP contribution in [-0.2, 0) is 19.1 Å². The summed E-state index contributed by atoms with van der Waals surface area (Å²) < 4.78 is 10.2. The third-order valence-electron chi connectivity index (χ3n) is 3.32. The average molecular weight is 331 g/mol. The molecule has 1 saturated carbocycles. The van der Waals surface area contributed by atoms with Crippen molar-refractivity contribution in [1.82, 2.24) is 0 Å². The highest BCUT2D eigenvalue weighted by Gasteiger charge is 2.49. The molecule has 1 aliphatic rings. The highest BCUT2D eigenvalue weighted by molar-refractivity contribution is 9.11. The van der Waals surface area contributed by atoms with Gasteiger partial charge in [-0.2, -0.15) is 0 Å². The fourth-order valence-electron chi connectivity index (χ4n) is 2.22. The van der Waals surface area contributed by atoms with Crippen LogP contribution in [0.15, 0.2) is 22.2 Å². The van der Waals surface area contributed by atoms with Gasteiger partial charge in [0.1, 0.15) is 0 Å². The lowest BCUT2D eigenvalue weighted by atomic mass is 9.78. The monoisotopic (exact) mass is 330 g/mol. The lowest BCUT2D eigenvalue weighted by molar-refractivity contribution is -0.169. The van der Waals surface area contributed by atoms with E-state index < -0.39 is 17.4 Å². The molecule has 0 spiro atoms. The number of carbonyl (C=O) groups excluding carboxylic acids is 2. The summed E-state index contributed by atoms with van der Waals surface area (Å²) in [6.07, 6.45) is 2.56. The van der Waals surface area contributed by atoms with Gasteiger partial charge in [-0.15, -0.1) is 0 Å². The van der Waals surface area contributed by atoms with Gasteiger partial charge in [0.25, 0.3) is 0 Å². The lowest BCUT2D eigenvalue weighted by Gasteiger charge is -2.28. The predicted molar refractivity (Wildman–Crippen MR) is 75.7 cm³/mol. The Labute approximate surface area is 122 Å². The highest BCUT2D eigenvalue weighted by atomic mass is 79.9. The van der Waals surface area contributed by atoms with E-state index in [0.29, 0.717) is 10.9 Å². The predicted octanol–water partition coefficient (Wildman–Crippen LogP) is 3.12. The number of halogens is 1. The molecule has 1 fully saturated rings. The maximum Gasteiger partial charge on any atom is 0.323 e. The zero-order valence-electron chi connectivity index (χ0n) is 11.5. The Morgan fingerprint density at radius 3 is 2.00 bits per heavy atom. The Kier molecular flexibility index (Phi) is 5.35. The van der Waals surface area contributed by atoms with Crippen LogP contribution in [0.4, 0.5) is 0 Å². The van der Waals surface area contributed by atoms with Crippen molar-refractivity contribution >= 4 is 27.9 Å². The van der Waals surface area contributed by atoms with Gasteiger partial charge in [0.05, 0.1) is 14.2 Å². The van der Waals surface area contributed by atoms with Crippen LogP contribution in [0.2, 0.25) is 0 Å². The first kappa shape index (κ1) is 16.0. The molecule has 0 saturated heterocycles. The molecule has 0 aromatic rings. The minimum atomic E-state index is -1.34. The van der Waals surface area contributed by atoms with Crippen LogP contribution >= 0.6 is 15.9 Å². The van der Waals surface area contributed by atoms with Crippen LogP contribution in [0, 0.1) is 5.41 Å². The first-order chi connectivity index (χ1) is 8.87. The molecule has 0 aliphatic heterocycles. The van der Waals surface area contributed by atoms with Gasteiger partial charge >= 0.3 is 11.9 Å². The number of methoxy groups -OCH3 is 2. The van der Waals surface area contributed by atoms with E-state index in [1.165, 1.54) is 19.8 Å². The Hall–Kier alpha value is -1.10. The number of esters is 2. The summed E-state index contributed by atoms with van der Waals surface area (Å²) in [5.41, 5.74) is 1.02. The summed E-state index contributed by atoms with van der Waals surface area (Å²) in [7, 11) is 2.55. The van der Waals surface area contributed by atoms with Crippen molar-refractivity contribution in [2.75, 3.05) is 14.2 Å². The molecule has 5 heteroatoms. The first-order valence-electron chi connectivity index (χ1n) is 6.05. The maximum absolute atomic E-state index is 12.1. The number of carbonyl (C=O) groups is 2. The minimum absolute atomic E-state index is 0.164. The smallest absolute Gasteiger partial charge is 0.323 e. The van der Waals surface area contributed by atoms with Crippen molar-refractivity contribution < 1.29 is 19.1 Å². The molecule has 0 bridgehead atoms. The summed E-state index contributed by atoms with van der Waals surface area (Å²) in [6, 6.07) is 0. The highest BCUT2D eigenvalue weighted by Crippen LogP contribution is 2.42. The Bertz CT molecular complexity index is 415. The zero-order chi connectivity index (χ0) is 14.6. The molecular formula is C14H19BrO4. The van der Waals surface area contributed by atoms with Crippen LogP contribution in [0.25, 0.3) is 0 Å². The molecule has 4 nitrogen and oxygen atoms in total. The summed E-state index contributed by atoms with van der Waals surface area (Å²) in [6.45, 7) is 5.67. The third kappa shape index (κ3) is 3.69. The maximum atomic E-state index is 12.1. The molecule has 106 valence electrons. The van der Waals surface area contributed by atoms with E-state index in [1.807, 2.05) is 6.92 Å². The van der Waals surface area contributed by atoms with Crippen molar-refractivity contribution in [3.63, 3.8) is 0 Å². The fourth-order valence-corrected chi connectivity index (χ4v) is 2.70. The number of hydrogen-bond acceptors (Lipinski definition) is 4. The first-order valence-corrected chi connectivity index (χ1v) is 6.84. The van der Waals surface area contributed by atoms with Crippen LogP contribution in [-0.4, -0.2) is 26.2 Å². The number of hydrogen-bond donors (Lipinski definition) is 0. The van der Waals surface area contributed by atoms with E-state index in [2.05, 4.69) is 22.5 Å². The topological polar surface area (TPSA) is 52.6 Å². The second kappa shape index (κ2) is 6.37. The van der Waals surface area contributed by atoms with Crippen molar-refractivity contribution in [2.45, 2.75) is 32.6 Å². The van der Waals surface area contributed by atoms with Crippen molar-refractivity contribution in [1.29, 1.82) is 0 Å². The van der Waals surface area contributed by atoms with Crippen LogP contribution in [0.5, 0.6) is 0 Å². The molecule has 0 atom stereocenters. The molecule has 0 radical (unpaired) electrons. The molecule has 0 heterocycles. The molecule has 0 aromatic carbocycles. The molecule has 0 unspecified atom stereocenters. The number of ether oxygens (including phenoxy) is 2. The molecule has 1 rings (SSSR count). The van der Waals surface area contributed by atoms with E-state index in [0.717, 1.165) is 18.4 Å². The number of allylic oxidation sites excluding steroid dienone is 3. The van der Waals surface area contributed by atoms with Gasteiger partial charge in [-0.05, 0) is 30.7 Å². The summed E-state index contributed by atoms with van der Waals surface area (Å²) in [4.78, 5) is 24.3. The van der Waals surface area contributed by atoms with E-state index in [1.54, 1.807) is 0 Å². The Balaban J connectivity index is 3.16. The zero-order valence-corrected chi connectivity index (χ0v) is 13.1. The van der Waals surface area contributed by atoms with E-state index >= 15 is 0 Å². The van der Waals surface area contributed by atoms with Crippen molar-refractivity contribution in [2.24, 2.45) is 5.41 Å². The van der Waals surface area contributed by atoms with Gasteiger partial charge in [-0.3, -0.25) is 9.59 Å². The van der Waals surface area contributed by atoms with Gasteiger partial charge in [0, 0.05) is 6.42 Å². The Morgan fingerprint density at radius 2 is 1.68 bits per heavy atom. The summed E-state index contributed by atoms with van der Waals surface area (Å²) in [5.74, 6) is -1.17. The van der Waals surface area contributed by atoms with E-state index in [-0.39, 0.29) is 6.42 Å². The number of rotatable bonds is 6. The molecule has 0 aromatic heterocycles. The Morgan fingerprint density at radius 1 is 1.21 bits per heavy atom. The van der Waals surface area contributed by atoms with Crippen LogP contribution < -0.4 is 0 Å². The van der Waals surface area contributed by atoms with Gasteiger partial charge in [0.2, 0.25) is 0 Å². The normalized spacial score (nSPS) is 13.8. The SMILES string of the molecule is C=C(Br)CC(CC(C)=C1CC1)(C(=O)OC)C(=O)OC. The van der Waals surface area contributed by atoms with Gasteiger partial charge in [-0.25, -0.2) is 0 Å². The van der Waals surface area contributed by atoms with Crippen molar-refractivity contribution in [3.05, 3.63) is 22.2 Å². The largest absolute Gasteiger partial charge is 0.468 e. The molecule has 1 aliphatic carbocycles. The van der Waals surface area contributed by atoms with Crippen LogP contribution in [0.3, 0.4) is 0 Å². The molecule has 19 heavy (non-hydrogen) atoms. The van der Waals surface area contributed by atoms with Gasteiger partial charge in [-0.1, -0.05) is 33.7 Å². The fraction of sp³-hybridized carbons (Fsp3) is 0.571. The van der Waals surface area contributed by atoms with Gasteiger partial charge in [0.15, 0.2) is 5.41 Å². The molecular weight excluding hydrogens is 312 g/mol. The van der Waals surface area contributed by atoms with E-state index in [9.17, 15) is 9.59 Å².